The SMILES string of the molecule is CN(C(=O)CN(C(=O)CN)c1ccccc1)c1ccc(F)cc1. The smallest absolute Gasteiger partial charge is 0.246 e. The van der Waals surface area contributed by atoms with E-state index >= 15 is 0 Å². The van der Waals surface area contributed by atoms with Crippen LogP contribution in [0.3, 0.4) is 0 Å². The molecular formula is C17H18FN3O2. The van der Waals surface area contributed by atoms with Gasteiger partial charge in [0.25, 0.3) is 0 Å². The van der Waals surface area contributed by atoms with Crippen molar-refractivity contribution >= 4 is 23.2 Å². The number of nitrogens with zero attached hydrogens (tertiary/aromatic N) is 2. The van der Waals surface area contributed by atoms with Crippen molar-refractivity contribution in [1.82, 2.24) is 0 Å². The summed E-state index contributed by atoms with van der Waals surface area (Å²) in [6, 6.07) is 14.4. The van der Waals surface area contributed by atoms with Gasteiger partial charge in [-0.15, -0.1) is 0 Å². The number of rotatable bonds is 5. The van der Waals surface area contributed by atoms with Crippen molar-refractivity contribution < 1.29 is 14.0 Å². The number of hydrogen-bond acceptors (Lipinski definition) is 3. The van der Waals surface area contributed by atoms with Gasteiger partial charge >= 0.3 is 0 Å². The van der Waals surface area contributed by atoms with Crippen molar-refractivity contribution in [3.8, 4) is 0 Å². The van der Waals surface area contributed by atoms with Crippen LogP contribution in [-0.4, -0.2) is 32.0 Å². The minimum atomic E-state index is -0.376. The largest absolute Gasteiger partial charge is 0.322 e. The lowest BCUT2D eigenvalue weighted by atomic mass is 10.2. The Kier molecular flexibility index (Phi) is 5.43. The first kappa shape index (κ1) is 16.6. The first-order chi connectivity index (χ1) is 11.0. The summed E-state index contributed by atoms with van der Waals surface area (Å²) in [5.74, 6) is -1.03. The first-order valence-corrected chi connectivity index (χ1v) is 7.10. The molecule has 2 N–H and O–H groups in total. The van der Waals surface area contributed by atoms with Gasteiger partial charge in [-0.25, -0.2) is 4.39 Å². The minimum Gasteiger partial charge on any atom is -0.322 e. The second-order valence-corrected chi connectivity index (χ2v) is 4.95. The summed E-state index contributed by atoms with van der Waals surface area (Å²) in [7, 11) is 1.58. The van der Waals surface area contributed by atoms with Gasteiger partial charge in [-0.3, -0.25) is 9.59 Å². The molecule has 0 aliphatic heterocycles. The maximum atomic E-state index is 13.0. The topological polar surface area (TPSA) is 66.6 Å². The Bertz CT molecular complexity index is 674. The molecule has 0 aromatic heterocycles. The highest BCUT2D eigenvalue weighted by Gasteiger charge is 2.20. The van der Waals surface area contributed by atoms with E-state index in [2.05, 4.69) is 0 Å². The van der Waals surface area contributed by atoms with E-state index in [0.717, 1.165) is 0 Å². The summed E-state index contributed by atoms with van der Waals surface area (Å²) in [6.45, 7) is -0.337. The lowest BCUT2D eigenvalue weighted by molar-refractivity contribution is -0.121. The third-order valence-electron chi connectivity index (χ3n) is 3.42. The fraction of sp³-hybridized carbons (Fsp3) is 0.176. The van der Waals surface area contributed by atoms with Gasteiger partial charge in [0.15, 0.2) is 0 Å². The van der Waals surface area contributed by atoms with E-state index in [4.69, 9.17) is 5.73 Å². The molecule has 0 spiro atoms. The highest BCUT2D eigenvalue weighted by molar-refractivity contribution is 6.03. The number of halogens is 1. The number of carbonyl (C=O) groups excluding carboxylic acids is 2. The fourth-order valence-electron chi connectivity index (χ4n) is 2.09. The number of likely N-dealkylation sites (N-methyl/N-ethyl adjacent to an activating group) is 1. The van der Waals surface area contributed by atoms with Crippen LogP contribution in [0.2, 0.25) is 0 Å². The number of nitrogens with two attached hydrogens (primary N) is 1. The van der Waals surface area contributed by atoms with E-state index in [1.807, 2.05) is 6.07 Å². The molecule has 5 nitrogen and oxygen atoms in total. The number of para-hydroxylation sites is 1. The number of hydrogen-bond donors (Lipinski definition) is 1. The maximum Gasteiger partial charge on any atom is 0.246 e. The lowest BCUT2D eigenvalue weighted by Crippen LogP contribution is -2.44. The van der Waals surface area contributed by atoms with E-state index in [0.29, 0.717) is 11.4 Å². The molecule has 2 aromatic rings. The van der Waals surface area contributed by atoms with Crippen LogP contribution in [0.5, 0.6) is 0 Å². The molecule has 0 unspecified atom stereocenters. The number of carbonyl (C=O) groups is 2. The highest BCUT2D eigenvalue weighted by atomic mass is 19.1. The zero-order valence-corrected chi connectivity index (χ0v) is 12.8. The van der Waals surface area contributed by atoms with Crippen molar-refractivity contribution in [3.05, 3.63) is 60.4 Å². The molecule has 0 saturated carbocycles. The molecular weight excluding hydrogens is 297 g/mol. The predicted octanol–water partition coefficient (Wildman–Crippen LogP) is 1.78. The van der Waals surface area contributed by atoms with Gasteiger partial charge in [-0.05, 0) is 36.4 Å². The maximum absolute atomic E-state index is 13.0. The van der Waals surface area contributed by atoms with E-state index in [1.54, 1.807) is 31.3 Å². The van der Waals surface area contributed by atoms with Crippen LogP contribution in [0.4, 0.5) is 15.8 Å². The number of anilines is 2. The third kappa shape index (κ3) is 4.14. The van der Waals surface area contributed by atoms with Crippen molar-refractivity contribution in [2.24, 2.45) is 5.73 Å². The monoisotopic (exact) mass is 315 g/mol. The van der Waals surface area contributed by atoms with Crippen molar-refractivity contribution in [3.63, 3.8) is 0 Å². The van der Waals surface area contributed by atoms with Crippen LogP contribution < -0.4 is 15.5 Å². The molecule has 2 aromatic carbocycles. The Morgan fingerprint density at radius 1 is 0.957 bits per heavy atom. The number of amides is 2. The zero-order chi connectivity index (χ0) is 16.8. The molecule has 0 aliphatic rings. The van der Waals surface area contributed by atoms with E-state index in [9.17, 15) is 14.0 Å². The average molecular weight is 315 g/mol. The molecule has 2 amide bonds. The molecule has 0 bridgehead atoms. The Balaban J connectivity index is 2.17. The predicted molar refractivity (Wildman–Crippen MR) is 87.7 cm³/mol. The van der Waals surface area contributed by atoms with Gasteiger partial charge < -0.3 is 15.5 Å². The normalized spacial score (nSPS) is 10.2. The van der Waals surface area contributed by atoms with Crippen LogP contribution in [-0.2, 0) is 9.59 Å². The second-order valence-electron chi connectivity index (χ2n) is 4.95. The molecule has 0 aliphatic carbocycles. The quantitative estimate of drug-likeness (QED) is 0.914. The van der Waals surface area contributed by atoms with E-state index in [1.165, 1.54) is 34.1 Å². The Labute approximate surface area is 134 Å². The van der Waals surface area contributed by atoms with Crippen LogP contribution in [0.15, 0.2) is 54.6 Å². The zero-order valence-electron chi connectivity index (χ0n) is 12.8. The molecule has 0 atom stereocenters. The summed E-state index contributed by atoms with van der Waals surface area (Å²) >= 11 is 0. The summed E-state index contributed by atoms with van der Waals surface area (Å²) < 4.78 is 13.0. The molecule has 0 saturated heterocycles. The molecule has 0 radical (unpaired) electrons. The van der Waals surface area contributed by atoms with Gasteiger partial charge in [-0.2, -0.15) is 0 Å². The summed E-state index contributed by atoms with van der Waals surface area (Å²) in [4.78, 5) is 27.2. The van der Waals surface area contributed by atoms with E-state index < -0.39 is 0 Å². The first-order valence-electron chi connectivity index (χ1n) is 7.10. The Morgan fingerprint density at radius 2 is 1.57 bits per heavy atom. The second kappa shape index (κ2) is 7.51. The van der Waals surface area contributed by atoms with E-state index in [-0.39, 0.29) is 30.7 Å². The molecule has 120 valence electrons. The average Bonchev–Trinajstić information content (AvgIpc) is 2.59. The van der Waals surface area contributed by atoms with Gasteiger partial charge in [0.1, 0.15) is 12.4 Å². The van der Waals surface area contributed by atoms with Crippen molar-refractivity contribution in [1.29, 1.82) is 0 Å². The molecule has 6 heteroatoms. The summed E-state index contributed by atoms with van der Waals surface area (Å²) in [5.41, 5.74) is 6.58. The van der Waals surface area contributed by atoms with Gasteiger partial charge in [0.05, 0.1) is 6.54 Å². The van der Waals surface area contributed by atoms with Crippen molar-refractivity contribution in [2.45, 2.75) is 0 Å². The number of benzene rings is 2. The van der Waals surface area contributed by atoms with Gasteiger partial charge in [0, 0.05) is 18.4 Å². The molecule has 0 fully saturated rings. The van der Waals surface area contributed by atoms with Crippen LogP contribution in [0.1, 0.15) is 0 Å². The van der Waals surface area contributed by atoms with Crippen molar-refractivity contribution in [2.75, 3.05) is 29.9 Å². The van der Waals surface area contributed by atoms with Gasteiger partial charge in [0.2, 0.25) is 11.8 Å². The lowest BCUT2D eigenvalue weighted by Gasteiger charge is -2.25. The van der Waals surface area contributed by atoms with Crippen LogP contribution in [0.25, 0.3) is 0 Å². The molecule has 0 heterocycles. The van der Waals surface area contributed by atoms with Crippen LogP contribution >= 0.6 is 0 Å². The standard InChI is InChI=1S/C17H18FN3O2/c1-20(14-9-7-13(18)8-10-14)17(23)12-21(16(22)11-19)15-5-3-2-4-6-15/h2-10H,11-12,19H2,1H3. The Morgan fingerprint density at radius 3 is 2.13 bits per heavy atom. The third-order valence-corrected chi connectivity index (χ3v) is 3.42. The van der Waals surface area contributed by atoms with Crippen LogP contribution in [0, 0.1) is 5.82 Å². The Hall–Kier alpha value is -2.73. The minimum absolute atomic E-state index is 0.145. The van der Waals surface area contributed by atoms with Gasteiger partial charge in [-0.1, -0.05) is 18.2 Å². The molecule has 2 rings (SSSR count). The molecule has 23 heavy (non-hydrogen) atoms. The summed E-state index contributed by atoms with van der Waals surface area (Å²) in [5, 5.41) is 0. The fourth-order valence-corrected chi connectivity index (χ4v) is 2.09. The highest BCUT2D eigenvalue weighted by Crippen LogP contribution is 2.16. The summed E-state index contributed by atoms with van der Waals surface area (Å²) in [6.07, 6.45) is 0.